The number of hydrogen-bond donors (Lipinski definition) is 3. The number of nitrogens with two attached hydrogens (primary N) is 1. The third-order valence-electron chi connectivity index (χ3n) is 5.49. The van der Waals surface area contributed by atoms with Crippen molar-refractivity contribution < 1.29 is 9.90 Å². The van der Waals surface area contributed by atoms with Gasteiger partial charge in [-0.1, -0.05) is 6.07 Å². The third-order valence-corrected chi connectivity index (χ3v) is 5.49. The van der Waals surface area contributed by atoms with Gasteiger partial charge in [-0.15, -0.1) is 0 Å². The number of aromatic carboxylic acids is 1. The van der Waals surface area contributed by atoms with Crippen molar-refractivity contribution in [3.05, 3.63) is 68.6 Å². The number of nitrogen functional groups attached to an aromatic ring is 1. The van der Waals surface area contributed by atoms with Gasteiger partial charge in [0.2, 0.25) is 0 Å². The SMILES string of the molecule is Cc1cn2c(=O)c(C(=O)O)cc(C3CC3)c2c(C)c1-c1ccc(N)c(C=N)c1. The molecule has 0 spiro atoms. The highest BCUT2D eigenvalue weighted by atomic mass is 16.4. The molecule has 0 atom stereocenters. The number of carbonyl (C=O) groups is 1. The van der Waals surface area contributed by atoms with E-state index in [1.54, 1.807) is 18.3 Å². The van der Waals surface area contributed by atoms with E-state index >= 15 is 0 Å². The Labute approximate surface area is 161 Å². The lowest BCUT2D eigenvalue weighted by Crippen LogP contribution is -2.24. The Morgan fingerprint density at radius 2 is 2.00 bits per heavy atom. The molecule has 28 heavy (non-hydrogen) atoms. The van der Waals surface area contributed by atoms with Crippen LogP contribution < -0.4 is 11.3 Å². The molecule has 1 aliphatic carbocycles. The molecule has 3 aromatic rings. The molecule has 1 saturated carbocycles. The lowest BCUT2D eigenvalue weighted by atomic mass is 9.92. The molecule has 6 heteroatoms. The van der Waals surface area contributed by atoms with Gasteiger partial charge in [-0.05, 0) is 78.6 Å². The number of hydrogen-bond acceptors (Lipinski definition) is 4. The second-order valence-corrected chi connectivity index (χ2v) is 7.42. The van der Waals surface area contributed by atoms with E-state index in [0.717, 1.165) is 46.2 Å². The Kier molecular flexibility index (Phi) is 4.07. The summed E-state index contributed by atoms with van der Waals surface area (Å²) in [5, 5.41) is 17.0. The first-order chi connectivity index (χ1) is 13.3. The predicted octanol–water partition coefficient (Wildman–Crippen LogP) is 3.74. The number of aryl methyl sites for hydroxylation is 2. The average molecular weight is 375 g/mol. The van der Waals surface area contributed by atoms with Crippen LogP contribution in [0.25, 0.3) is 16.6 Å². The van der Waals surface area contributed by atoms with Crippen molar-refractivity contribution >= 4 is 23.4 Å². The molecule has 2 heterocycles. The van der Waals surface area contributed by atoms with Crippen LogP contribution in [0.3, 0.4) is 0 Å². The summed E-state index contributed by atoms with van der Waals surface area (Å²) in [6.45, 7) is 3.86. The third kappa shape index (κ3) is 2.69. The molecule has 142 valence electrons. The van der Waals surface area contributed by atoms with Crippen molar-refractivity contribution in [3.63, 3.8) is 0 Å². The molecule has 4 N–H and O–H groups in total. The number of carboxylic acids is 1. The van der Waals surface area contributed by atoms with Crippen molar-refractivity contribution in [2.45, 2.75) is 32.6 Å². The summed E-state index contributed by atoms with van der Waals surface area (Å²) < 4.78 is 1.49. The van der Waals surface area contributed by atoms with Crippen molar-refractivity contribution in [1.29, 1.82) is 5.41 Å². The molecule has 0 saturated heterocycles. The lowest BCUT2D eigenvalue weighted by molar-refractivity contribution is 0.0694. The van der Waals surface area contributed by atoms with Gasteiger partial charge in [0.25, 0.3) is 5.56 Å². The summed E-state index contributed by atoms with van der Waals surface area (Å²) in [4.78, 5) is 24.4. The molecule has 6 nitrogen and oxygen atoms in total. The number of nitrogens with one attached hydrogen (secondary N) is 1. The number of benzene rings is 1. The largest absolute Gasteiger partial charge is 0.477 e. The molecule has 0 unspecified atom stereocenters. The fraction of sp³-hybridized carbons (Fsp3) is 0.227. The van der Waals surface area contributed by atoms with Crippen LogP contribution in [0.15, 0.2) is 35.3 Å². The summed E-state index contributed by atoms with van der Waals surface area (Å²) in [6.07, 6.45) is 4.94. The number of anilines is 1. The first kappa shape index (κ1) is 18.0. The normalized spacial score (nSPS) is 13.6. The Morgan fingerprint density at radius 3 is 2.61 bits per heavy atom. The van der Waals surface area contributed by atoms with Gasteiger partial charge >= 0.3 is 5.97 Å². The lowest BCUT2D eigenvalue weighted by Gasteiger charge is -2.18. The zero-order valence-corrected chi connectivity index (χ0v) is 15.7. The van der Waals surface area contributed by atoms with Gasteiger partial charge in [0.1, 0.15) is 5.56 Å². The smallest absolute Gasteiger partial charge is 0.341 e. The van der Waals surface area contributed by atoms with E-state index in [0.29, 0.717) is 11.3 Å². The standard InChI is InChI=1S/C22H21N3O3/c1-11-10-25-20(16(13-3-4-13)8-17(21(25)26)22(27)28)12(2)19(11)14-5-6-18(24)15(7-14)9-23/h5-10,13,23H,3-4,24H2,1-2H3,(H,27,28). The molecular weight excluding hydrogens is 354 g/mol. The van der Waals surface area contributed by atoms with E-state index in [1.807, 2.05) is 26.0 Å². The summed E-state index contributed by atoms with van der Waals surface area (Å²) in [6, 6.07) is 7.11. The minimum Gasteiger partial charge on any atom is -0.477 e. The van der Waals surface area contributed by atoms with Crippen LogP contribution in [0.1, 0.15) is 51.4 Å². The van der Waals surface area contributed by atoms with Gasteiger partial charge in [0, 0.05) is 23.7 Å². The molecule has 1 aliphatic rings. The molecule has 0 bridgehead atoms. The summed E-state index contributed by atoms with van der Waals surface area (Å²) in [5.74, 6) is -0.915. The van der Waals surface area contributed by atoms with E-state index in [1.165, 1.54) is 10.6 Å². The first-order valence-electron chi connectivity index (χ1n) is 9.16. The maximum Gasteiger partial charge on any atom is 0.341 e. The van der Waals surface area contributed by atoms with Gasteiger partial charge in [0.05, 0.1) is 5.52 Å². The number of fused-ring (bicyclic) bond motifs is 1. The van der Waals surface area contributed by atoms with Crippen LogP contribution in [-0.2, 0) is 0 Å². The molecule has 0 amide bonds. The van der Waals surface area contributed by atoms with E-state index in [2.05, 4.69) is 0 Å². The zero-order chi connectivity index (χ0) is 20.2. The van der Waals surface area contributed by atoms with Gasteiger partial charge in [0.15, 0.2) is 0 Å². The highest BCUT2D eigenvalue weighted by molar-refractivity contribution is 5.91. The molecule has 1 fully saturated rings. The van der Waals surface area contributed by atoms with Crippen LogP contribution in [0, 0.1) is 19.3 Å². The molecular formula is C22H21N3O3. The molecule has 4 rings (SSSR count). The maximum atomic E-state index is 12.8. The Bertz CT molecular complexity index is 1220. The average Bonchev–Trinajstić information content (AvgIpc) is 3.48. The predicted molar refractivity (Wildman–Crippen MR) is 110 cm³/mol. The number of rotatable bonds is 4. The van der Waals surface area contributed by atoms with Crippen LogP contribution in [0.4, 0.5) is 5.69 Å². The Morgan fingerprint density at radius 1 is 1.29 bits per heavy atom. The quantitative estimate of drug-likeness (QED) is 0.477. The van der Waals surface area contributed by atoms with E-state index in [9.17, 15) is 14.7 Å². The van der Waals surface area contributed by atoms with Crippen molar-refractivity contribution in [3.8, 4) is 11.1 Å². The Hall–Kier alpha value is -3.41. The number of nitrogens with zero attached hydrogens (tertiary/aromatic N) is 1. The van der Waals surface area contributed by atoms with E-state index in [4.69, 9.17) is 11.1 Å². The van der Waals surface area contributed by atoms with Crippen molar-refractivity contribution in [2.75, 3.05) is 5.73 Å². The van der Waals surface area contributed by atoms with Crippen LogP contribution >= 0.6 is 0 Å². The fourth-order valence-electron chi connectivity index (χ4n) is 4.01. The Balaban J connectivity index is 2.10. The van der Waals surface area contributed by atoms with E-state index < -0.39 is 11.5 Å². The monoisotopic (exact) mass is 375 g/mol. The molecule has 2 aromatic heterocycles. The van der Waals surface area contributed by atoms with Gasteiger partial charge < -0.3 is 16.2 Å². The van der Waals surface area contributed by atoms with Crippen molar-refractivity contribution in [2.24, 2.45) is 0 Å². The van der Waals surface area contributed by atoms with E-state index in [-0.39, 0.29) is 11.5 Å². The molecule has 1 aromatic carbocycles. The number of pyridine rings is 2. The summed E-state index contributed by atoms with van der Waals surface area (Å²) >= 11 is 0. The molecule has 0 aliphatic heterocycles. The maximum absolute atomic E-state index is 12.8. The highest BCUT2D eigenvalue weighted by Crippen LogP contribution is 2.44. The van der Waals surface area contributed by atoms with Crippen LogP contribution in [0.2, 0.25) is 0 Å². The van der Waals surface area contributed by atoms with Crippen LogP contribution in [0.5, 0.6) is 0 Å². The fourth-order valence-corrected chi connectivity index (χ4v) is 4.01. The number of aromatic nitrogens is 1. The van der Waals surface area contributed by atoms with Gasteiger partial charge in [-0.3, -0.25) is 9.20 Å². The second kappa shape index (κ2) is 6.34. The zero-order valence-electron chi connectivity index (χ0n) is 15.7. The second-order valence-electron chi connectivity index (χ2n) is 7.42. The molecule has 0 radical (unpaired) electrons. The van der Waals surface area contributed by atoms with Gasteiger partial charge in [-0.2, -0.15) is 0 Å². The minimum atomic E-state index is -1.20. The van der Waals surface area contributed by atoms with Crippen LogP contribution in [-0.4, -0.2) is 21.7 Å². The highest BCUT2D eigenvalue weighted by Gasteiger charge is 2.29. The summed E-state index contributed by atoms with van der Waals surface area (Å²) in [7, 11) is 0. The van der Waals surface area contributed by atoms with Gasteiger partial charge in [-0.25, -0.2) is 4.79 Å². The van der Waals surface area contributed by atoms with Crippen molar-refractivity contribution in [1.82, 2.24) is 4.40 Å². The summed E-state index contributed by atoms with van der Waals surface area (Å²) in [5.41, 5.74) is 11.8. The topological polar surface area (TPSA) is 109 Å². The number of carboxylic acid groups (broad SMARTS) is 1. The minimum absolute atomic E-state index is 0.190. The first-order valence-corrected chi connectivity index (χ1v) is 9.16.